The third kappa shape index (κ3) is 4.46. The zero-order valence-corrected chi connectivity index (χ0v) is 10.9. The van der Waals surface area contributed by atoms with Gasteiger partial charge in [-0.05, 0) is 25.5 Å². The Morgan fingerprint density at radius 3 is 2.41 bits per heavy atom. The summed E-state index contributed by atoms with van der Waals surface area (Å²) in [5.41, 5.74) is 0.981. The summed E-state index contributed by atoms with van der Waals surface area (Å²) < 4.78 is 28.2. The Morgan fingerprint density at radius 2 is 1.88 bits per heavy atom. The van der Waals surface area contributed by atoms with Crippen LogP contribution in [0.2, 0.25) is 0 Å². The number of rotatable bonds is 6. The molecule has 1 aromatic rings. The van der Waals surface area contributed by atoms with Gasteiger partial charge in [0.1, 0.15) is 0 Å². The average molecular weight is 258 g/mol. The number of hydrogen-bond acceptors (Lipinski definition) is 4. The van der Waals surface area contributed by atoms with Crippen LogP contribution < -0.4 is 0 Å². The fourth-order valence-electron chi connectivity index (χ4n) is 1.36. The molecule has 0 bridgehead atoms. The van der Waals surface area contributed by atoms with E-state index >= 15 is 0 Å². The van der Waals surface area contributed by atoms with Gasteiger partial charge in [0.25, 0.3) is 10.1 Å². The summed E-state index contributed by atoms with van der Waals surface area (Å²) in [4.78, 5) is 0.117. The first kappa shape index (κ1) is 14.2. The molecule has 1 rings (SSSR count). The third-order valence-electron chi connectivity index (χ3n) is 2.35. The summed E-state index contributed by atoms with van der Waals surface area (Å²) in [7, 11) is -3.75. The van der Waals surface area contributed by atoms with E-state index in [1.807, 2.05) is 13.8 Å². The van der Waals surface area contributed by atoms with Crippen molar-refractivity contribution in [3.05, 3.63) is 29.8 Å². The van der Waals surface area contributed by atoms with E-state index < -0.39 is 16.2 Å². The van der Waals surface area contributed by atoms with Crippen LogP contribution in [-0.2, 0) is 14.3 Å². The molecule has 0 radical (unpaired) electrons. The highest BCUT2D eigenvalue weighted by molar-refractivity contribution is 7.86. The van der Waals surface area contributed by atoms with Crippen LogP contribution in [0.4, 0.5) is 0 Å². The van der Waals surface area contributed by atoms with Crippen LogP contribution in [0.15, 0.2) is 29.2 Å². The van der Waals surface area contributed by atoms with Crippen molar-refractivity contribution in [3.8, 4) is 0 Å². The number of benzene rings is 1. The lowest BCUT2D eigenvalue weighted by atomic mass is 10.2. The maximum absolute atomic E-state index is 11.7. The second-order valence-corrected chi connectivity index (χ2v) is 5.61. The van der Waals surface area contributed by atoms with Crippen molar-refractivity contribution in [3.63, 3.8) is 0 Å². The quantitative estimate of drug-likeness (QED) is 0.791. The second kappa shape index (κ2) is 6.14. The number of aliphatic hydroxyl groups excluding tert-OH is 1. The van der Waals surface area contributed by atoms with Crippen LogP contribution in [-0.4, -0.2) is 26.2 Å². The minimum atomic E-state index is -3.75. The molecule has 0 amide bonds. The Balaban J connectivity index is 2.66. The highest BCUT2D eigenvalue weighted by Gasteiger charge is 2.16. The Morgan fingerprint density at radius 1 is 1.29 bits per heavy atom. The second-order valence-electron chi connectivity index (χ2n) is 3.99. The minimum Gasteiger partial charge on any atom is -0.391 e. The van der Waals surface area contributed by atoms with E-state index in [4.69, 9.17) is 4.18 Å². The molecule has 1 atom stereocenters. The van der Waals surface area contributed by atoms with Gasteiger partial charge in [-0.1, -0.05) is 31.0 Å². The fourth-order valence-corrected chi connectivity index (χ4v) is 2.30. The van der Waals surface area contributed by atoms with Crippen LogP contribution in [0.5, 0.6) is 0 Å². The number of aliphatic hydroxyl groups is 1. The molecule has 17 heavy (non-hydrogen) atoms. The lowest BCUT2D eigenvalue weighted by molar-refractivity contribution is 0.102. The molecule has 1 aromatic carbocycles. The van der Waals surface area contributed by atoms with E-state index in [-0.39, 0.29) is 11.5 Å². The van der Waals surface area contributed by atoms with Gasteiger partial charge in [0.2, 0.25) is 0 Å². The van der Waals surface area contributed by atoms with Gasteiger partial charge in [0, 0.05) is 0 Å². The van der Waals surface area contributed by atoms with Gasteiger partial charge in [-0.25, -0.2) is 0 Å². The molecular formula is C12H18O4S. The highest BCUT2D eigenvalue weighted by Crippen LogP contribution is 2.13. The first-order valence-electron chi connectivity index (χ1n) is 5.60. The van der Waals surface area contributed by atoms with E-state index in [9.17, 15) is 13.5 Å². The Labute approximate surface area is 102 Å². The predicted octanol–water partition coefficient (Wildman–Crippen LogP) is 1.86. The fraction of sp³-hybridized carbons (Fsp3) is 0.500. The van der Waals surface area contributed by atoms with E-state index in [1.54, 1.807) is 12.1 Å². The van der Waals surface area contributed by atoms with E-state index in [2.05, 4.69) is 0 Å². The van der Waals surface area contributed by atoms with Gasteiger partial charge in [0.15, 0.2) is 0 Å². The molecule has 4 nitrogen and oxygen atoms in total. The van der Waals surface area contributed by atoms with E-state index in [0.29, 0.717) is 6.42 Å². The SMILES string of the molecule is CCCC(O)COS(=O)(=O)c1ccc(C)cc1. The number of hydrogen-bond donors (Lipinski definition) is 1. The van der Waals surface area contributed by atoms with Crippen LogP contribution >= 0.6 is 0 Å². The molecule has 0 fully saturated rings. The van der Waals surface area contributed by atoms with Gasteiger partial charge in [0.05, 0.1) is 17.6 Å². The van der Waals surface area contributed by atoms with E-state index in [1.165, 1.54) is 12.1 Å². The van der Waals surface area contributed by atoms with Crippen molar-refractivity contribution >= 4 is 10.1 Å². The molecule has 0 spiro atoms. The molecule has 0 aliphatic heterocycles. The molecule has 1 unspecified atom stereocenters. The summed E-state index contributed by atoms with van der Waals surface area (Å²) in [6.45, 7) is 3.60. The number of aryl methyl sites for hydroxylation is 1. The van der Waals surface area contributed by atoms with Crippen molar-refractivity contribution in [2.45, 2.75) is 37.7 Å². The molecule has 0 heterocycles. The molecule has 96 valence electrons. The Hall–Kier alpha value is -0.910. The maximum Gasteiger partial charge on any atom is 0.297 e. The lowest BCUT2D eigenvalue weighted by Crippen LogP contribution is -2.18. The van der Waals surface area contributed by atoms with Gasteiger partial charge < -0.3 is 5.11 Å². The molecule has 0 aliphatic rings. The minimum absolute atomic E-state index is 0.117. The van der Waals surface area contributed by atoms with Gasteiger partial charge in [-0.3, -0.25) is 4.18 Å². The summed E-state index contributed by atoms with van der Waals surface area (Å²) in [5.74, 6) is 0. The topological polar surface area (TPSA) is 63.6 Å². The third-order valence-corrected chi connectivity index (χ3v) is 3.64. The summed E-state index contributed by atoms with van der Waals surface area (Å²) in [6, 6.07) is 6.41. The van der Waals surface area contributed by atoms with Crippen molar-refractivity contribution in [2.24, 2.45) is 0 Å². The Kier molecular flexibility index (Phi) is 5.11. The maximum atomic E-state index is 11.7. The highest BCUT2D eigenvalue weighted by atomic mass is 32.2. The van der Waals surface area contributed by atoms with Gasteiger partial charge >= 0.3 is 0 Å². The van der Waals surface area contributed by atoms with Gasteiger partial charge in [-0.2, -0.15) is 8.42 Å². The lowest BCUT2D eigenvalue weighted by Gasteiger charge is -2.10. The summed E-state index contributed by atoms with van der Waals surface area (Å²) >= 11 is 0. The zero-order chi connectivity index (χ0) is 12.9. The normalized spacial score (nSPS) is 13.6. The van der Waals surface area contributed by atoms with Crippen LogP contribution in [0.3, 0.4) is 0 Å². The molecule has 5 heteroatoms. The largest absolute Gasteiger partial charge is 0.391 e. The van der Waals surface area contributed by atoms with Crippen LogP contribution in [0, 0.1) is 6.92 Å². The Bertz CT molecular complexity index is 436. The van der Waals surface area contributed by atoms with Crippen molar-refractivity contribution in [1.82, 2.24) is 0 Å². The van der Waals surface area contributed by atoms with Crippen LogP contribution in [0.1, 0.15) is 25.3 Å². The summed E-state index contributed by atoms with van der Waals surface area (Å²) in [6.07, 6.45) is 0.582. The molecule has 0 aromatic heterocycles. The standard InChI is InChI=1S/C12H18O4S/c1-3-4-11(13)9-16-17(14,15)12-7-5-10(2)6-8-12/h5-8,11,13H,3-4,9H2,1-2H3. The van der Waals surface area contributed by atoms with E-state index in [0.717, 1.165) is 12.0 Å². The van der Waals surface area contributed by atoms with Gasteiger partial charge in [-0.15, -0.1) is 0 Å². The van der Waals surface area contributed by atoms with Crippen molar-refractivity contribution in [1.29, 1.82) is 0 Å². The van der Waals surface area contributed by atoms with Crippen molar-refractivity contribution in [2.75, 3.05) is 6.61 Å². The first-order chi connectivity index (χ1) is 7.95. The molecule has 0 aliphatic carbocycles. The molecule has 0 saturated carbocycles. The smallest absolute Gasteiger partial charge is 0.297 e. The molecule has 1 N–H and O–H groups in total. The van der Waals surface area contributed by atoms with Crippen molar-refractivity contribution < 1.29 is 17.7 Å². The average Bonchev–Trinajstić information content (AvgIpc) is 2.28. The molecular weight excluding hydrogens is 240 g/mol. The van der Waals surface area contributed by atoms with Crippen LogP contribution in [0.25, 0.3) is 0 Å². The predicted molar refractivity (Wildman–Crippen MR) is 65.2 cm³/mol. The monoisotopic (exact) mass is 258 g/mol. The first-order valence-corrected chi connectivity index (χ1v) is 7.00. The molecule has 0 saturated heterocycles. The zero-order valence-electron chi connectivity index (χ0n) is 10.1. The summed E-state index contributed by atoms with van der Waals surface area (Å²) in [5, 5.41) is 9.41.